The predicted molar refractivity (Wildman–Crippen MR) is 64.0 cm³/mol. The topological polar surface area (TPSA) is 72.2 Å². The first-order valence-electron chi connectivity index (χ1n) is 5.32. The molecule has 0 saturated carbocycles. The van der Waals surface area contributed by atoms with Crippen LogP contribution >= 0.6 is 0 Å². The molecule has 1 unspecified atom stereocenters. The lowest BCUT2D eigenvalue weighted by Gasteiger charge is -2.17. The fourth-order valence-electron chi connectivity index (χ4n) is 1.12. The average Bonchev–Trinajstić information content (AvgIpc) is 2.21. The molecule has 0 saturated heterocycles. The van der Waals surface area contributed by atoms with Gasteiger partial charge in [0.2, 0.25) is 5.91 Å². The molecular formula is C10H22N2O2S. The zero-order valence-electron chi connectivity index (χ0n) is 9.79. The van der Waals surface area contributed by atoms with E-state index in [4.69, 9.17) is 5.73 Å². The molecule has 0 spiro atoms. The number of amides is 1. The molecule has 90 valence electrons. The normalized spacial score (nSPS) is 16.8. The fourth-order valence-corrected chi connectivity index (χ4v) is 1.67. The van der Waals surface area contributed by atoms with Gasteiger partial charge in [-0.25, -0.2) is 0 Å². The molecule has 3 N–H and O–H groups in total. The maximum atomic E-state index is 11.5. The standard InChI is InChI=1S/C10H22N2O2S/c1-4-8(2)9(11)10(13)12-6-5-7-15(3)14/h8-9H,4-7,11H2,1-3H3,(H,12,13)/t8-,9-,15?/m0/s1. The smallest absolute Gasteiger partial charge is 0.237 e. The summed E-state index contributed by atoms with van der Waals surface area (Å²) in [6, 6.07) is -0.429. The first-order chi connectivity index (χ1) is 6.99. The molecule has 0 aromatic heterocycles. The third-order valence-corrected chi connectivity index (χ3v) is 3.33. The van der Waals surface area contributed by atoms with Crippen molar-refractivity contribution in [3.05, 3.63) is 0 Å². The van der Waals surface area contributed by atoms with Gasteiger partial charge in [-0.15, -0.1) is 0 Å². The van der Waals surface area contributed by atoms with Crippen LogP contribution in [0.2, 0.25) is 0 Å². The Balaban J connectivity index is 3.69. The Morgan fingerprint density at radius 1 is 1.53 bits per heavy atom. The van der Waals surface area contributed by atoms with Crippen LogP contribution in [-0.2, 0) is 15.6 Å². The van der Waals surface area contributed by atoms with E-state index in [1.807, 2.05) is 13.8 Å². The van der Waals surface area contributed by atoms with Crippen LogP contribution in [0.3, 0.4) is 0 Å². The van der Waals surface area contributed by atoms with Gasteiger partial charge in [-0.05, 0) is 12.3 Å². The highest BCUT2D eigenvalue weighted by Crippen LogP contribution is 2.04. The number of nitrogens with two attached hydrogens (primary N) is 1. The molecule has 0 aliphatic rings. The summed E-state index contributed by atoms with van der Waals surface area (Å²) in [5.74, 6) is 0.718. The molecule has 0 aromatic rings. The second kappa shape index (κ2) is 7.82. The van der Waals surface area contributed by atoms with Gasteiger partial charge in [0.15, 0.2) is 0 Å². The minimum absolute atomic E-state index is 0.105. The van der Waals surface area contributed by atoms with Gasteiger partial charge in [-0.3, -0.25) is 9.00 Å². The summed E-state index contributed by atoms with van der Waals surface area (Å²) in [6.45, 7) is 4.53. The van der Waals surface area contributed by atoms with E-state index in [0.29, 0.717) is 12.3 Å². The molecule has 4 nitrogen and oxygen atoms in total. The highest BCUT2D eigenvalue weighted by Gasteiger charge is 2.18. The van der Waals surface area contributed by atoms with Crippen LogP contribution in [-0.4, -0.2) is 34.7 Å². The Hall–Kier alpha value is -0.420. The van der Waals surface area contributed by atoms with Gasteiger partial charge >= 0.3 is 0 Å². The Labute approximate surface area is 94.4 Å². The summed E-state index contributed by atoms with van der Waals surface area (Å²) < 4.78 is 10.8. The SMILES string of the molecule is CC[C@H](C)[C@H](N)C(=O)NCCCS(C)=O. The zero-order valence-corrected chi connectivity index (χ0v) is 10.6. The monoisotopic (exact) mass is 234 g/mol. The third kappa shape index (κ3) is 6.62. The molecule has 0 bridgehead atoms. The number of rotatable bonds is 7. The second-order valence-corrected chi connectivity index (χ2v) is 5.39. The molecular weight excluding hydrogens is 212 g/mol. The van der Waals surface area contributed by atoms with Crippen molar-refractivity contribution in [2.24, 2.45) is 11.7 Å². The maximum Gasteiger partial charge on any atom is 0.237 e. The highest BCUT2D eigenvalue weighted by molar-refractivity contribution is 7.84. The lowest BCUT2D eigenvalue weighted by atomic mass is 9.99. The summed E-state index contributed by atoms with van der Waals surface area (Å²) in [4.78, 5) is 11.5. The predicted octanol–water partition coefficient (Wildman–Crippen LogP) is 0.245. The van der Waals surface area contributed by atoms with E-state index in [-0.39, 0.29) is 11.8 Å². The van der Waals surface area contributed by atoms with Gasteiger partial charge in [0.05, 0.1) is 6.04 Å². The van der Waals surface area contributed by atoms with E-state index in [1.54, 1.807) is 6.26 Å². The number of carbonyl (C=O) groups is 1. The van der Waals surface area contributed by atoms with E-state index < -0.39 is 16.8 Å². The molecule has 0 aliphatic carbocycles. The first-order valence-corrected chi connectivity index (χ1v) is 7.05. The molecule has 0 radical (unpaired) electrons. The quantitative estimate of drug-likeness (QED) is 0.620. The Morgan fingerprint density at radius 2 is 2.13 bits per heavy atom. The Bertz CT molecular complexity index is 221. The summed E-state index contributed by atoms with van der Waals surface area (Å²) >= 11 is 0. The van der Waals surface area contributed by atoms with E-state index in [0.717, 1.165) is 12.8 Å². The molecule has 3 atom stereocenters. The maximum absolute atomic E-state index is 11.5. The first kappa shape index (κ1) is 14.6. The van der Waals surface area contributed by atoms with Crippen LogP contribution in [0.1, 0.15) is 26.7 Å². The van der Waals surface area contributed by atoms with Crippen LogP contribution in [0.25, 0.3) is 0 Å². The molecule has 1 amide bonds. The second-order valence-electron chi connectivity index (χ2n) is 3.83. The van der Waals surface area contributed by atoms with E-state index >= 15 is 0 Å². The number of nitrogens with one attached hydrogen (secondary N) is 1. The average molecular weight is 234 g/mol. The molecule has 0 rings (SSSR count). The Kier molecular flexibility index (Phi) is 7.60. The molecule has 0 aliphatic heterocycles. The summed E-state index contributed by atoms with van der Waals surface area (Å²) in [5.41, 5.74) is 5.74. The van der Waals surface area contributed by atoms with Crippen LogP contribution in [0.4, 0.5) is 0 Å². The van der Waals surface area contributed by atoms with E-state index in [2.05, 4.69) is 5.32 Å². The van der Waals surface area contributed by atoms with Gasteiger partial charge in [0.1, 0.15) is 0 Å². The minimum Gasteiger partial charge on any atom is -0.355 e. The van der Waals surface area contributed by atoms with E-state index in [9.17, 15) is 9.00 Å². The fraction of sp³-hybridized carbons (Fsp3) is 0.900. The van der Waals surface area contributed by atoms with Crippen molar-refractivity contribution in [3.63, 3.8) is 0 Å². The van der Waals surface area contributed by atoms with Gasteiger partial charge in [-0.2, -0.15) is 0 Å². The van der Waals surface area contributed by atoms with E-state index in [1.165, 1.54) is 0 Å². The van der Waals surface area contributed by atoms with Gasteiger partial charge < -0.3 is 11.1 Å². The summed E-state index contributed by atoms with van der Waals surface area (Å²) in [7, 11) is -0.784. The van der Waals surface area contributed by atoms with Crippen LogP contribution in [0.5, 0.6) is 0 Å². The lowest BCUT2D eigenvalue weighted by Crippen LogP contribution is -2.45. The number of carbonyl (C=O) groups excluding carboxylic acids is 1. The van der Waals surface area contributed by atoms with Crippen LogP contribution in [0, 0.1) is 5.92 Å². The molecule has 0 aromatic carbocycles. The number of hydrogen-bond acceptors (Lipinski definition) is 3. The van der Waals surface area contributed by atoms with Crippen LogP contribution < -0.4 is 11.1 Å². The van der Waals surface area contributed by atoms with Gasteiger partial charge in [0, 0.05) is 29.4 Å². The molecule has 0 fully saturated rings. The Morgan fingerprint density at radius 3 is 2.60 bits per heavy atom. The summed E-state index contributed by atoms with van der Waals surface area (Å²) in [6.07, 6.45) is 3.29. The summed E-state index contributed by atoms with van der Waals surface area (Å²) in [5, 5.41) is 2.75. The molecule has 15 heavy (non-hydrogen) atoms. The number of hydrogen-bond donors (Lipinski definition) is 2. The van der Waals surface area contributed by atoms with Gasteiger partial charge in [0.25, 0.3) is 0 Å². The molecule has 5 heteroatoms. The van der Waals surface area contributed by atoms with Crippen molar-refractivity contribution in [2.75, 3.05) is 18.6 Å². The minimum atomic E-state index is -0.784. The van der Waals surface area contributed by atoms with Crippen LogP contribution in [0.15, 0.2) is 0 Å². The van der Waals surface area contributed by atoms with Crippen molar-refractivity contribution in [3.8, 4) is 0 Å². The van der Waals surface area contributed by atoms with Crippen molar-refractivity contribution in [1.29, 1.82) is 0 Å². The third-order valence-electron chi connectivity index (χ3n) is 2.47. The zero-order chi connectivity index (χ0) is 11.8. The van der Waals surface area contributed by atoms with Gasteiger partial charge in [-0.1, -0.05) is 20.3 Å². The van der Waals surface area contributed by atoms with Crippen molar-refractivity contribution in [2.45, 2.75) is 32.7 Å². The largest absolute Gasteiger partial charge is 0.355 e. The van der Waals surface area contributed by atoms with Crippen molar-refractivity contribution >= 4 is 16.7 Å². The van der Waals surface area contributed by atoms with Crippen molar-refractivity contribution < 1.29 is 9.00 Å². The van der Waals surface area contributed by atoms with Crippen molar-refractivity contribution in [1.82, 2.24) is 5.32 Å². The lowest BCUT2D eigenvalue weighted by molar-refractivity contribution is -0.123. The highest BCUT2D eigenvalue weighted by atomic mass is 32.2. The molecule has 0 heterocycles.